The third kappa shape index (κ3) is 3.56. The van der Waals surface area contributed by atoms with E-state index in [4.69, 9.17) is 18.9 Å². The van der Waals surface area contributed by atoms with E-state index in [-0.39, 0.29) is 41.7 Å². The lowest BCUT2D eigenvalue weighted by molar-refractivity contribution is -0.359. The van der Waals surface area contributed by atoms with E-state index in [0.29, 0.717) is 24.9 Å². The number of carbonyl (C=O) groups is 1. The summed E-state index contributed by atoms with van der Waals surface area (Å²) in [5.74, 6) is 0.0232. The molecule has 2 saturated heterocycles. The summed E-state index contributed by atoms with van der Waals surface area (Å²) in [4.78, 5) is 11.6. The minimum Gasteiger partial charge on any atom is -0.463 e. The summed E-state index contributed by atoms with van der Waals surface area (Å²) in [6, 6.07) is 0. The molecule has 0 radical (unpaired) electrons. The van der Waals surface area contributed by atoms with Gasteiger partial charge in [0.2, 0.25) is 0 Å². The van der Waals surface area contributed by atoms with Crippen LogP contribution in [-0.4, -0.2) is 54.0 Å². The summed E-state index contributed by atoms with van der Waals surface area (Å²) in [6.45, 7) is 13.5. The maximum Gasteiger partial charge on any atom is 0.302 e. The van der Waals surface area contributed by atoms with E-state index >= 15 is 0 Å². The molecule has 6 heteroatoms. The zero-order chi connectivity index (χ0) is 22.7. The van der Waals surface area contributed by atoms with Crippen molar-refractivity contribution in [2.75, 3.05) is 19.8 Å². The second-order valence-electron chi connectivity index (χ2n) is 11.7. The molecule has 4 fully saturated rings. The van der Waals surface area contributed by atoms with Gasteiger partial charge in [0, 0.05) is 30.8 Å². The second-order valence-corrected chi connectivity index (χ2v) is 11.7. The fourth-order valence-electron chi connectivity index (χ4n) is 7.79. The molecule has 0 bridgehead atoms. The molecule has 1 spiro atoms. The third-order valence-electron chi connectivity index (χ3n) is 9.49. The van der Waals surface area contributed by atoms with Crippen molar-refractivity contribution in [3.63, 3.8) is 0 Å². The van der Waals surface area contributed by atoms with Crippen LogP contribution in [-0.2, 0) is 23.7 Å². The van der Waals surface area contributed by atoms with Gasteiger partial charge in [-0.15, -0.1) is 0 Å². The number of carbonyl (C=O) groups excluding carboxylic acids is 1. The lowest BCUT2D eigenvalue weighted by atomic mass is 9.43. The molecule has 2 aliphatic carbocycles. The standard InChI is InChI=1S/C25H42O6/c1-17-7-8-19-22(5)15-29-21(3,4)30-20(22)9-10-23(19,6)25(17)12-11-24(31-25,13-14-26)16-28-18(2)27/h17,19-20,26H,7-16H2,1-6H3. The van der Waals surface area contributed by atoms with E-state index in [1.165, 1.54) is 6.92 Å². The van der Waals surface area contributed by atoms with Crippen LogP contribution in [0.2, 0.25) is 0 Å². The zero-order valence-electron chi connectivity index (χ0n) is 20.3. The molecule has 1 N–H and O–H groups in total. The Morgan fingerprint density at radius 2 is 1.84 bits per heavy atom. The number of fused-ring (bicyclic) bond motifs is 4. The second kappa shape index (κ2) is 7.68. The Labute approximate surface area is 187 Å². The van der Waals surface area contributed by atoms with E-state index in [1.807, 2.05) is 13.8 Å². The minimum absolute atomic E-state index is 0.0163. The lowest BCUT2D eigenvalue weighted by Crippen LogP contribution is -2.69. The molecule has 6 nitrogen and oxygen atoms in total. The quantitative estimate of drug-likeness (QED) is 0.663. The van der Waals surface area contributed by atoms with Crippen LogP contribution in [0.4, 0.5) is 0 Å². The van der Waals surface area contributed by atoms with E-state index < -0.39 is 11.4 Å². The molecule has 0 aromatic rings. The zero-order valence-corrected chi connectivity index (χ0v) is 20.3. The lowest BCUT2D eigenvalue weighted by Gasteiger charge is -2.67. The Hall–Kier alpha value is -0.690. The molecule has 7 unspecified atom stereocenters. The number of hydrogen-bond acceptors (Lipinski definition) is 6. The van der Waals surface area contributed by atoms with Gasteiger partial charge in [0.05, 0.1) is 18.3 Å². The van der Waals surface area contributed by atoms with Gasteiger partial charge in [-0.2, -0.15) is 0 Å². The summed E-state index contributed by atoms with van der Waals surface area (Å²) >= 11 is 0. The highest BCUT2D eigenvalue weighted by Gasteiger charge is 2.70. The molecule has 2 saturated carbocycles. The van der Waals surface area contributed by atoms with Crippen LogP contribution in [0.1, 0.15) is 86.5 Å². The van der Waals surface area contributed by atoms with Gasteiger partial charge in [-0.05, 0) is 64.2 Å². The third-order valence-corrected chi connectivity index (χ3v) is 9.49. The van der Waals surface area contributed by atoms with Gasteiger partial charge in [0.15, 0.2) is 5.79 Å². The Balaban J connectivity index is 1.67. The average molecular weight is 439 g/mol. The van der Waals surface area contributed by atoms with Crippen molar-refractivity contribution in [1.29, 1.82) is 0 Å². The number of esters is 1. The van der Waals surface area contributed by atoms with Crippen LogP contribution in [0.5, 0.6) is 0 Å². The van der Waals surface area contributed by atoms with Gasteiger partial charge in [-0.1, -0.05) is 20.8 Å². The summed E-state index contributed by atoms with van der Waals surface area (Å²) in [7, 11) is 0. The molecule has 2 aliphatic heterocycles. The predicted molar refractivity (Wildman–Crippen MR) is 116 cm³/mol. The van der Waals surface area contributed by atoms with Crippen molar-refractivity contribution < 1.29 is 28.8 Å². The van der Waals surface area contributed by atoms with Crippen molar-refractivity contribution in [2.45, 2.75) is 110 Å². The molecule has 0 aromatic carbocycles. The Morgan fingerprint density at radius 1 is 1.10 bits per heavy atom. The van der Waals surface area contributed by atoms with E-state index in [9.17, 15) is 9.90 Å². The molecule has 178 valence electrons. The first-order chi connectivity index (χ1) is 14.4. The molecule has 0 amide bonds. The Kier molecular flexibility index (Phi) is 5.81. The normalized spacial score (nSPS) is 48.8. The first kappa shape index (κ1) is 23.5. The topological polar surface area (TPSA) is 74.2 Å². The van der Waals surface area contributed by atoms with Gasteiger partial charge in [-0.3, -0.25) is 4.79 Å². The number of aliphatic hydroxyl groups excluding tert-OH is 1. The molecule has 2 heterocycles. The predicted octanol–water partition coefficient (Wildman–Crippen LogP) is 4.22. The minimum atomic E-state index is -0.598. The van der Waals surface area contributed by atoms with Gasteiger partial charge >= 0.3 is 5.97 Å². The van der Waals surface area contributed by atoms with E-state index in [2.05, 4.69) is 20.8 Å². The number of hydrogen-bond donors (Lipinski definition) is 1. The van der Waals surface area contributed by atoms with Crippen molar-refractivity contribution >= 4 is 5.97 Å². The van der Waals surface area contributed by atoms with E-state index in [0.717, 1.165) is 38.5 Å². The van der Waals surface area contributed by atoms with Gasteiger partial charge in [0.1, 0.15) is 12.2 Å². The van der Waals surface area contributed by atoms with Crippen LogP contribution >= 0.6 is 0 Å². The van der Waals surface area contributed by atoms with Crippen molar-refractivity contribution in [1.82, 2.24) is 0 Å². The Bertz CT molecular complexity index is 708. The average Bonchev–Trinajstić information content (AvgIpc) is 3.07. The number of ether oxygens (including phenoxy) is 4. The summed E-state index contributed by atoms with van der Waals surface area (Å²) in [5.41, 5.74) is -0.945. The first-order valence-electron chi connectivity index (χ1n) is 12.2. The van der Waals surface area contributed by atoms with Crippen LogP contribution in [0.25, 0.3) is 0 Å². The van der Waals surface area contributed by atoms with Crippen molar-refractivity contribution in [3.05, 3.63) is 0 Å². The van der Waals surface area contributed by atoms with Crippen LogP contribution in [0.15, 0.2) is 0 Å². The van der Waals surface area contributed by atoms with Crippen LogP contribution in [0, 0.1) is 22.7 Å². The molecular weight excluding hydrogens is 396 g/mol. The highest BCUT2D eigenvalue weighted by molar-refractivity contribution is 5.65. The monoisotopic (exact) mass is 438 g/mol. The van der Waals surface area contributed by atoms with Crippen molar-refractivity contribution in [3.8, 4) is 0 Å². The largest absolute Gasteiger partial charge is 0.463 e. The molecule has 0 aromatic heterocycles. The summed E-state index contributed by atoms with van der Waals surface area (Å²) in [5, 5.41) is 9.80. The molecule has 7 atom stereocenters. The van der Waals surface area contributed by atoms with E-state index in [1.54, 1.807) is 0 Å². The van der Waals surface area contributed by atoms with Gasteiger partial charge < -0.3 is 24.1 Å². The van der Waals surface area contributed by atoms with Gasteiger partial charge in [-0.25, -0.2) is 0 Å². The highest BCUT2D eigenvalue weighted by Crippen LogP contribution is 2.69. The highest BCUT2D eigenvalue weighted by atomic mass is 16.7. The summed E-state index contributed by atoms with van der Waals surface area (Å²) in [6.07, 6.45) is 6.77. The number of rotatable bonds is 4. The number of aliphatic hydroxyl groups is 1. The molecule has 4 aliphatic rings. The molecule has 31 heavy (non-hydrogen) atoms. The maximum absolute atomic E-state index is 11.6. The maximum atomic E-state index is 11.6. The fourth-order valence-corrected chi connectivity index (χ4v) is 7.79. The SMILES string of the molecule is CC(=O)OCC1(CCO)CCC2(O1)C(C)CCC1C3(C)COC(C)(C)OC3CCC12C. The molecular formula is C25H42O6. The van der Waals surface area contributed by atoms with Gasteiger partial charge in [0.25, 0.3) is 0 Å². The Morgan fingerprint density at radius 3 is 2.52 bits per heavy atom. The first-order valence-corrected chi connectivity index (χ1v) is 12.2. The van der Waals surface area contributed by atoms with Crippen LogP contribution in [0.3, 0.4) is 0 Å². The van der Waals surface area contributed by atoms with Crippen molar-refractivity contribution in [2.24, 2.45) is 22.7 Å². The fraction of sp³-hybridized carbons (Fsp3) is 0.960. The van der Waals surface area contributed by atoms with Crippen LogP contribution < -0.4 is 0 Å². The smallest absolute Gasteiger partial charge is 0.302 e. The molecule has 4 rings (SSSR count). The summed E-state index contributed by atoms with van der Waals surface area (Å²) < 4.78 is 25.2.